The molecule has 1 aliphatic rings. The Morgan fingerprint density at radius 2 is 2.16 bits per heavy atom. The number of sulfone groups is 1. The summed E-state index contributed by atoms with van der Waals surface area (Å²) in [7, 11) is -3.47. The summed E-state index contributed by atoms with van der Waals surface area (Å²) in [5.74, 6) is 0.434. The molecule has 3 rings (SSSR count). The molecule has 0 spiro atoms. The molecule has 0 aromatic carbocycles. The molecule has 1 fully saturated rings. The van der Waals surface area contributed by atoms with E-state index < -0.39 is 9.84 Å². The molecule has 1 aliphatic carbocycles. The van der Waals surface area contributed by atoms with E-state index >= 15 is 0 Å². The average Bonchev–Trinajstić information content (AvgIpc) is 3.00. The van der Waals surface area contributed by atoms with Crippen LogP contribution in [0.25, 0.3) is 0 Å². The Balaban J connectivity index is 1.97. The van der Waals surface area contributed by atoms with Crippen LogP contribution in [0.1, 0.15) is 35.9 Å². The summed E-state index contributed by atoms with van der Waals surface area (Å²) in [4.78, 5) is 4.01. The summed E-state index contributed by atoms with van der Waals surface area (Å²) in [6.07, 6.45) is 5.31. The van der Waals surface area contributed by atoms with Gasteiger partial charge in [-0.2, -0.15) is 0 Å². The largest absolute Gasteiger partial charge is 0.361 e. The second-order valence-electron chi connectivity index (χ2n) is 4.91. The van der Waals surface area contributed by atoms with Crippen molar-refractivity contribution in [2.45, 2.75) is 43.6 Å². The minimum atomic E-state index is -3.47. The van der Waals surface area contributed by atoms with E-state index in [1.54, 1.807) is 30.8 Å². The summed E-state index contributed by atoms with van der Waals surface area (Å²) in [5.41, 5.74) is 1.25. The molecule has 6 nitrogen and oxygen atoms in total. The zero-order chi connectivity index (χ0) is 13.6. The first-order valence-corrected chi connectivity index (χ1v) is 7.81. The van der Waals surface area contributed by atoms with Crippen LogP contribution in [0.2, 0.25) is 0 Å². The number of hydrogen-bond donors (Lipinski definition) is 0. The van der Waals surface area contributed by atoms with Gasteiger partial charge in [0.15, 0.2) is 0 Å². The predicted molar refractivity (Wildman–Crippen MR) is 67.4 cm³/mol. The lowest BCUT2D eigenvalue weighted by atomic mass is 10.2. The summed E-state index contributed by atoms with van der Waals surface area (Å²) >= 11 is 0. The highest BCUT2D eigenvalue weighted by molar-refractivity contribution is 7.90. The second kappa shape index (κ2) is 4.19. The van der Waals surface area contributed by atoms with E-state index in [2.05, 4.69) is 10.1 Å². The smallest absolute Gasteiger partial charge is 0.228 e. The average molecular weight is 281 g/mol. The molecular formula is C12H15N3O3S. The second-order valence-corrected chi connectivity index (χ2v) is 6.79. The van der Waals surface area contributed by atoms with E-state index in [1.165, 1.54) is 0 Å². The molecule has 0 atom stereocenters. The molecule has 0 unspecified atom stereocenters. The highest BCUT2D eigenvalue weighted by atomic mass is 32.2. The van der Waals surface area contributed by atoms with Gasteiger partial charge in [0, 0.05) is 24.0 Å². The molecule has 2 heterocycles. The maximum absolute atomic E-state index is 12.5. The van der Waals surface area contributed by atoms with Gasteiger partial charge in [-0.3, -0.25) is 0 Å². The normalized spacial score (nSPS) is 15.9. The third-order valence-corrected chi connectivity index (χ3v) is 4.91. The number of nitrogens with zero attached hydrogens (tertiary/aromatic N) is 3. The van der Waals surface area contributed by atoms with Crippen molar-refractivity contribution < 1.29 is 12.9 Å². The van der Waals surface area contributed by atoms with Crippen molar-refractivity contribution >= 4 is 9.84 Å². The molecule has 19 heavy (non-hydrogen) atoms. The number of aryl methyl sites for hydroxylation is 2. The molecule has 0 aliphatic heterocycles. The maximum Gasteiger partial charge on any atom is 0.228 e. The van der Waals surface area contributed by atoms with Crippen LogP contribution < -0.4 is 0 Å². The van der Waals surface area contributed by atoms with Gasteiger partial charge in [0.2, 0.25) is 15.0 Å². The lowest BCUT2D eigenvalue weighted by Gasteiger charge is -2.07. The van der Waals surface area contributed by atoms with Crippen LogP contribution in [0, 0.1) is 13.8 Å². The standard InChI is InChI=1S/C12H15N3O3S/c1-8-11(9(2)18-14-8)7-19(16,17)12-13-5-6-15(12)10-3-4-10/h5-6,10H,3-4,7H2,1-2H3. The Labute approximate surface area is 111 Å². The van der Waals surface area contributed by atoms with Crippen molar-refractivity contribution in [3.05, 3.63) is 29.4 Å². The predicted octanol–water partition coefficient (Wildman–Crippen LogP) is 1.80. The quantitative estimate of drug-likeness (QED) is 0.853. The number of hydrogen-bond acceptors (Lipinski definition) is 5. The van der Waals surface area contributed by atoms with Gasteiger partial charge in [-0.25, -0.2) is 13.4 Å². The van der Waals surface area contributed by atoms with Gasteiger partial charge in [0.1, 0.15) is 5.76 Å². The van der Waals surface area contributed by atoms with Crippen LogP contribution in [0.4, 0.5) is 0 Å². The van der Waals surface area contributed by atoms with E-state index in [1.807, 2.05) is 0 Å². The first kappa shape index (κ1) is 12.4. The van der Waals surface area contributed by atoms with Gasteiger partial charge in [0.25, 0.3) is 0 Å². The van der Waals surface area contributed by atoms with E-state index in [4.69, 9.17) is 4.52 Å². The van der Waals surface area contributed by atoms with Crippen LogP contribution >= 0.6 is 0 Å². The first-order chi connectivity index (χ1) is 8.99. The Morgan fingerprint density at radius 1 is 1.42 bits per heavy atom. The fourth-order valence-electron chi connectivity index (χ4n) is 2.13. The highest BCUT2D eigenvalue weighted by Gasteiger charge is 2.31. The molecule has 0 radical (unpaired) electrons. The van der Waals surface area contributed by atoms with E-state index in [-0.39, 0.29) is 17.0 Å². The lowest BCUT2D eigenvalue weighted by molar-refractivity contribution is 0.392. The van der Waals surface area contributed by atoms with Gasteiger partial charge in [0.05, 0.1) is 11.4 Å². The zero-order valence-corrected chi connectivity index (χ0v) is 11.6. The van der Waals surface area contributed by atoms with Crippen molar-refractivity contribution in [2.75, 3.05) is 0 Å². The minimum absolute atomic E-state index is 0.113. The summed E-state index contributed by atoms with van der Waals surface area (Å²) < 4.78 is 31.7. The fourth-order valence-corrected chi connectivity index (χ4v) is 3.81. The fraction of sp³-hybridized carbons (Fsp3) is 0.500. The highest BCUT2D eigenvalue weighted by Crippen LogP contribution is 2.37. The molecule has 0 bridgehead atoms. The Morgan fingerprint density at radius 3 is 2.74 bits per heavy atom. The van der Waals surface area contributed by atoms with Gasteiger partial charge in [-0.15, -0.1) is 0 Å². The van der Waals surface area contributed by atoms with Crippen LogP contribution in [-0.2, 0) is 15.6 Å². The third kappa shape index (κ3) is 2.18. The van der Waals surface area contributed by atoms with E-state index in [0.29, 0.717) is 17.0 Å². The minimum Gasteiger partial charge on any atom is -0.361 e. The topological polar surface area (TPSA) is 78.0 Å². The molecule has 102 valence electrons. The number of imidazole rings is 1. The monoisotopic (exact) mass is 281 g/mol. The number of aromatic nitrogens is 3. The molecule has 1 saturated carbocycles. The maximum atomic E-state index is 12.5. The van der Waals surface area contributed by atoms with Gasteiger partial charge in [-0.1, -0.05) is 5.16 Å². The van der Waals surface area contributed by atoms with Gasteiger partial charge < -0.3 is 9.09 Å². The summed E-state index contributed by atoms with van der Waals surface area (Å²) in [6.45, 7) is 3.47. The Bertz CT molecular complexity index is 691. The first-order valence-electron chi connectivity index (χ1n) is 6.16. The molecule has 7 heteroatoms. The summed E-state index contributed by atoms with van der Waals surface area (Å²) in [5, 5.41) is 3.93. The van der Waals surface area contributed by atoms with Crippen LogP contribution in [0.15, 0.2) is 22.1 Å². The van der Waals surface area contributed by atoms with Crippen molar-refractivity contribution in [3.8, 4) is 0 Å². The van der Waals surface area contributed by atoms with E-state index in [9.17, 15) is 8.42 Å². The van der Waals surface area contributed by atoms with Crippen molar-refractivity contribution in [1.82, 2.24) is 14.7 Å². The molecule has 0 saturated heterocycles. The Kier molecular flexibility index (Phi) is 2.74. The van der Waals surface area contributed by atoms with Crippen molar-refractivity contribution in [1.29, 1.82) is 0 Å². The Hall–Kier alpha value is -1.63. The van der Waals surface area contributed by atoms with E-state index in [0.717, 1.165) is 12.8 Å². The van der Waals surface area contributed by atoms with Gasteiger partial charge >= 0.3 is 0 Å². The molecule has 2 aromatic heterocycles. The van der Waals surface area contributed by atoms with Crippen LogP contribution in [0.5, 0.6) is 0 Å². The number of rotatable bonds is 4. The molecular weight excluding hydrogens is 266 g/mol. The molecule has 0 amide bonds. The molecule has 0 N–H and O–H groups in total. The van der Waals surface area contributed by atoms with Crippen LogP contribution in [0.3, 0.4) is 0 Å². The van der Waals surface area contributed by atoms with Crippen LogP contribution in [-0.4, -0.2) is 23.1 Å². The third-order valence-electron chi connectivity index (χ3n) is 3.37. The zero-order valence-electron chi connectivity index (χ0n) is 10.8. The van der Waals surface area contributed by atoms with Crippen molar-refractivity contribution in [2.24, 2.45) is 0 Å². The lowest BCUT2D eigenvalue weighted by Crippen LogP contribution is -2.13. The van der Waals surface area contributed by atoms with Gasteiger partial charge in [-0.05, 0) is 26.7 Å². The van der Waals surface area contributed by atoms with Crippen molar-refractivity contribution in [3.63, 3.8) is 0 Å². The SMILES string of the molecule is Cc1noc(C)c1CS(=O)(=O)c1nccn1C1CC1. The molecule has 2 aromatic rings. The summed E-state index contributed by atoms with van der Waals surface area (Å²) in [6, 6.07) is 0.289.